The lowest BCUT2D eigenvalue weighted by Gasteiger charge is -2.08. The minimum absolute atomic E-state index is 0.227. The fraction of sp³-hybridized carbons (Fsp3) is 0.0952. The smallest absolute Gasteiger partial charge is 0.252 e. The lowest BCUT2D eigenvalue weighted by atomic mass is 10.2. The van der Waals surface area contributed by atoms with Gasteiger partial charge in [0.25, 0.3) is 11.8 Å². The van der Waals surface area contributed by atoms with Crippen molar-refractivity contribution in [3.63, 3.8) is 0 Å². The number of hydrogen-bond acceptors (Lipinski definition) is 4. The minimum Gasteiger partial charge on any atom is -0.439 e. The van der Waals surface area contributed by atoms with Crippen LogP contribution in [0.25, 0.3) is 0 Å². The molecule has 0 aliphatic heterocycles. The SMILES string of the molecule is O=C(NCCNC(=O)c1ccc(Oc2ccccc2)nc1)c1ccc(Cl)cc1. The van der Waals surface area contributed by atoms with Gasteiger partial charge in [-0.15, -0.1) is 0 Å². The molecule has 1 heterocycles. The maximum atomic E-state index is 12.1. The average molecular weight is 396 g/mol. The summed E-state index contributed by atoms with van der Waals surface area (Å²) < 4.78 is 5.59. The van der Waals surface area contributed by atoms with E-state index in [1.807, 2.05) is 30.3 Å². The van der Waals surface area contributed by atoms with Crippen LogP contribution in [-0.4, -0.2) is 29.9 Å². The number of aromatic nitrogens is 1. The molecule has 0 aliphatic carbocycles. The highest BCUT2D eigenvalue weighted by molar-refractivity contribution is 6.30. The van der Waals surface area contributed by atoms with E-state index in [0.717, 1.165) is 0 Å². The molecule has 2 amide bonds. The maximum Gasteiger partial charge on any atom is 0.252 e. The first-order valence-corrected chi connectivity index (χ1v) is 9.00. The summed E-state index contributed by atoms with van der Waals surface area (Å²) in [6, 6.07) is 19.1. The lowest BCUT2D eigenvalue weighted by molar-refractivity contribution is 0.0927. The van der Waals surface area contributed by atoms with Gasteiger partial charge in [-0.3, -0.25) is 9.59 Å². The third-order valence-corrected chi connectivity index (χ3v) is 4.02. The largest absolute Gasteiger partial charge is 0.439 e. The van der Waals surface area contributed by atoms with Crippen LogP contribution < -0.4 is 15.4 Å². The second-order valence-electron chi connectivity index (χ2n) is 5.82. The molecule has 0 bridgehead atoms. The number of para-hydroxylation sites is 1. The second-order valence-corrected chi connectivity index (χ2v) is 6.26. The Kier molecular flexibility index (Phi) is 6.59. The molecule has 0 spiro atoms. The fourth-order valence-electron chi connectivity index (χ4n) is 2.34. The Balaban J connectivity index is 1.43. The van der Waals surface area contributed by atoms with E-state index in [9.17, 15) is 9.59 Å². The van der Waals surface area contributed by atoms with Gasteiger partial charge >= 0.3 is 0 Å². The summed E-state index contributed by atoms with van der Waals surface area (Å²) in [6.45, 7) is 0.594. The molecule has 0 fully saturated rings. The van der Waals surface area contributed by atoms with Crippen LogP contribution in [0.15, 0.2) is 72.9 Å². The van der Waals surface area contributed by atoms with Crippen molar-refractivity contribution in [1.29, 1.82) is 0 Å². The van der Waals surface area contributed by atoms with Gasteiger partial charge in [0.05, 0.1) is 5.56 Å². The minimum atomic E-state index is -0.278. The van der Waals surface area contributed by atoms with Crippen molar-refractivity contribution in [3.8, 4) is 11.6 Å². The van der Waals surface area contributed by atoms with E-state index in [1.165, 1.54) is 6.20 Å². The van der Waals surface area contributed by atoms with Gasteiger partial charge in [0, 0.05) is 35.9 Å². The van der Waals surface area contributed by atoms with E-state index in [1.54, 1.807) is 36.4 Å². The number of benzene rings is 2. The molecular weight excluding hydrogens is 378 g/mol. The van der Waals surface area contributed by atoms with Crippen molar-refractivity contribution >= 4 is 23.4 Å². The second kappa shape index (κ2) is 9.53. The quantitative estimate of drug-likeness (QED) is 0.598. The van der Waals surface area contributed by atoms with Crippen LogP contribution in [0.3, 0.4) is 0 Å². The number of carbonyl (C=O) groups excluding carboxylic acids is 2. The summed E-state index contributed by atoms with van der Waals surface area (Å²) in [4.78, 5) is 28.2. The van der Waals surface area contributed by atoms with Gasteiger partial charge in [-0.05, 0) is 42.5 Å². The van der Waals surface area contributed by atoms with Crippen molar-refractivity contribution in [1.82, 2.24) is 15.6 Å². The first-order valence-electron chi connectivity index (χ1n) is 8.63. The molecule has 0 radical (unpaired) electrons. The normalized spacial score (nSPS) is 10.2. The Morgan fingerprint density at radius 2 is 1.43 bits per heavy atom. The fourth-order valence-corrected chi connectivity index (χ4v) is 2.47. The van der Waals surface area contributed by atoms with Crippen molar-refractivity contribution < 1.29 is 14.3 Å². The zero-order valence-electron chi connectivity index (χ0n) is 14.9. The molecule has 28 heavy (non-hydrogen) atoms. The van der Waals surface area contributed by atoms with E-state index < -0.39 is 0 Å². The van der Waals surface area contributed by atoms with Crippen molar-refractivity contribution in [2.45, 2.75) is 0 Å². The summed E-state index contributed by atoms with van der Waals surface area (Å²) in [6.07, 6.45) is 1.44. The van der Waals surface area contributed by atoms with Crippen LogP contribution in [0.4, 0.5) is 0 Å². The molecular formula is C21H18ClN3O3. The Labute approximate surface area is 167 Å². The van der Waals surface area contributed by atoms with Gasteiger partial charge in [-0.2, -0.15) is 0 Å². The highest BCUT2D eigenvalue weighted by atomic mass is 35.5. The highest BCUT2D eigenvalue weighted by Crippen LogP contribution is 2.18. The van der Waals surface area contributed by atoms with E-state index in [0.29, 0.717) is 40.9 Å². The number of rotatable bonds is 7. The molecule has 0 aliphatic rings. The third kappa shape index (κ3) is 5.56. The van der Waals surface area contributed by atoms with E-state index in [4.69, 9.17) is 16.3 Å². The van der Waals surface area contributed by atoms with Crippen LogP contribution in [0, 0.1) is 0 Å². The molecule has 142 valence electrons. The highest BCUT2D eigenvalue weighted by Gasteiger charge is 2.08. The van der Waals surface area contributed by atoms with Crippen LogP contribution >= 0.6 is 11.6 Å². The molecule has 2 aromatic carbocycles. The zero-order chi connectivity index (χ0) is 19.8. The molecule has 1 aromatic heterocycles. The standard InChI is InChI=1S/C21H18ClN3O3/c22-17-9-6-15(7-10-17)20(26)23-12-13-24-21(27)16-8-11-19(25-14-16)28-18-4-2-1-3-5-18/h1-11,14H,12-13H2,(H,23,26)(H,24,27). The summed E-state index contributed by atoms with van der Waals surface area (Å²) in [7, 11) is 0. The molecule has 7 heteroatoms. The van der Waals surface area contributed by atoms with Gasteiger partial charge in [0.15, 0.2) is 0 Å². The molecule has 2 N–H and O–H groups in total. The first-order chi connectivity index (χ1) is 13.6. The van der Waals surface area contributed by atoms with Gasteiger partial charge in [-0.1, -0.05) is 29.8 Å². The Morgan fingerprint density at radius 1 is 0.821 bits per heavy atom. The van der Waals surface area contributed by atoms with Crippen LogP contribution in [0.2, 0.25) is 5.02 Å². The van der Waals surface area contributed by atoms with Gasteiger partial charge < -0.3 is 15.4 Å². The predicted octanol–water partition coefficient (Wildman–Crippen LogP) is 3.69. The Bertz CT molecular complexity index is 929. The topological polar surface area (TPSA) is 80.3 Å². The van der Waals surface area contributed by atoms with E-state index >= 15 is 0 Å². The molecule has 0 saturated heterocycles. The van der Waals surface area contributed by atoms with Gasteiger partial charge in [0.1, 0.15) is 5.75 Å². The zero-order valence-corrected chi connectivity index (χ0v) is 15.6. The van der Waals surface area contributed by atoms with Crippen LogP contribution in [0.5, 0.6) is 11.6 Å². The van der Waals surface area contributed by atoms with Crippen LogP contribution in [0.1, 0.15) is 20.7 Å². The maximum absolute atomic E-state index is 12.1. The third-order valence-electron chi connectivity index (χ3n) is 3.77. The summed E-state index contributed by atoms with van der Waals surface area (Å²) in [5.41, 5.74) is 0.915. The number of nitrogens with one attached hydrogen (secondary N) is 2. The molecule has 3 aromatic rings. The Hall–Kier alpha value is -3.38. The summed E-state index contributed by atoms with van der Waals surface area (Å²) >= 11 is 5.79. The molecule has 0 atom stereocenters. The number of halogens is 1. The Morgan fingerprint density at radius 3 is 2.04 bits per heavy atom. The lowest BCUT2D eigenvalue weighted by Crippen LogP contribution is -2.34. The number of amides is 2. The number of nitrogens with zero attached hydrogens (tertiary/aromatic N) is 1. The van der Waals surface area contributed by atoms with Crippen molar-refractivity contribution in [2.24, 2.45) is 0 Å². The molecule has 3 rings (SSSR count). The van der Waals surface area contributed by atoms with E-state index in [2.05, 4.69) is 15.6 Å². The summed E-state index contributed by atoms with van der Waals surface area (Å²) in [5.74, 6) is 0.566. The first kappa shape index (κ1) is 19.4. The summed E-state index contributed by atoms with van der Waals surface area (Å²) in [5, 5.41) is 6.02. The monoisotopic (exact) mass is 395 g/mol. The number of ether oxygens (including phenoxy) is 1. The van der Waals surface area contributed by atoms with Crippen LogP contribution in [-0.2, 0) is 0 Å². The molecule has 0 unspecified atom stereocenters. The number of pyridine rings is 1. The molecule has 6 nitrogen and oxygen atoms in total. The number of hydrogen-bond donors (Lipinski definition) is 2. The van der Waals surface area contributed by atoms with Gasteiger partial charge in [-0.25, -0.2) is 4.98 Å². The molecule has 0 saturated carbocycles. The average Bonchev–Trinajstić information content (AvgIpc) is 2.72. The van der Waals surface area contributed by atoms with Gasteiger partial charge in [0.2, 0.25) is 5.88 Å². The van der Waals surface area contributed by atoms with Crippen molar-refractivity contribution in [2.75, 3.05) is 13.1 Å². The van der Waals surface area contributed by atoms with Crippen molar-refractivity contribution in [3.05, 3.63) is 89.1 Å². The van der Waals surface area contributed by atoms with E-state index in [-0.39, 0.29) is 11.8 Å². The number of carbonyl (C=O) groups is 2. The predicted molar refractivity (Wildman–Crippen MR) is 107 cm³/mol.